The molecule has 6 heteroatoms. The van der Waals surface area contributed by atoms with Gasteiger partial charge in [0.15, 0.2) is 11.9 Å². The number of nitrogens with one attached hydrogen (secondary N) is 1. The van der Waals surface area contributed by atoms with E-state index in [1.807, 2.05) is 0 Å². The number of rotatable bonds is 5. The standard InChI is InChI=1S/C22H26BrNO4/c1-13(25)17-3-5-18(6-4-17)24-19(26)14(2)28-20(27)21-8-15-7-16(9-21)11-22(23,10-15)12-21/h3-6,14-16H,7-12H2,1-2H3,(H,24,26)/t14-,15-,16-,21?,22?/m0/s1. The molecule has 4 aliphatic rings. The van der Waals surface area contributed by atoms with Crippen LogP contribution < -0.4 is 5.32 Å². The summed E-state index contributed by atoms with van der Waals surface area (Å²) in [5.74, 6) is 0.553. The molecule has 0 saturated heterocycles. The second kappa shape index (κ2) is 6.97. The van der Waals surface area contributed by atoms with Crippen molar-refractivity contribution in [3.05, 3.63) is 29.8 Å². The number of amides is 1. The predicted octanol–water partition coefficient (Wildman–Crippen LogP) is 4.49. The molecule has 0 spiro atoms. The Labute approximate surface area is 173 Å². The highest BCUT2D eigenvalue weighted by Crippen LogP contribution is 2.64. The van der Waals surface area contributed by atoms with Gasteiger partial charge < -0.3 is 10.1 Å². The quantitative estimate of drug-likeness (QED) is 0.409. The molecule has 150 valence electrons. The number of esters is 1. The Morgan fingerprint density at radius 3 is 2.25 bits per heavy atom. The fraction of sp³-hybridized carbons (Fsp3) is 0.591. The van der Waals surface area contributed by atoms with E-state index in [2.05, 4.69) is 21.2 Å². The second-order valence-electron chi connectivity index (χ2n) is 9.06. The zero-order valence-electron chi connectivity index (χ0n) is 16.3. The summed E-state index contributed by atoms with van der Waals surface area (Å²) < 4.78 is 5.72. The van der Waals surface area contributed by atoms with Crippen molar-refractivity contribution in [2.45, 2.75) is 62.8 Å². The second-order valence-corrected chi connectivity index (χ2v) is 10.7. The van der Waals surface area contributed by atoms with E-state index >= 15 is 0 Å². The Hall–Kier alpha value is -1.69. The molecule has 1 aromatic carbocycles. The number of Topliss-reactive ketones (excluding diaryl/α,β-unsaturated/α-hetero) is 1. The lowest BCUT2D eigenvalue weighted by atomic mass is 9.49. The zero-order valence-corrected chi connectivity index (χ0v) is 17.9. The van der Waals surface area contributed by atoms with Crippen LogP contribution in [0.4, 0.5) is 5.69 Å². The normalized spacial score (nSPS) is 34.0. The third-order valence-corrected chi connectivity index (χ3v) is 7.56. The highest BCUT2D eigenvalue weighted by atomic mass is 79.9. The first-order valence-corrected chi connectivity index (χ1v) is 10.8. The van der Waals surface area contributed by atoms with Crippen molar-refractivity contribution >= 4 is 39.3 Å². The fourth-order valence-electron chi connectivity index (χ4n) is 5.76. The van der Waals surface area contributed by atoms with Crippen molar-refractivity contribution in [2.75, 3.05) is 5.32 Å². The Morgan fingerprint density at radius 1 is 1.11 bits per heavy atom. The SMILES string of the molecule is CC(=O)c1ccc(NC(=O)[C@H](C)OC(=O)C23C[C@@H]4C[C@H](CC(Br)(C4)C2)C3)cc1. The Balaban J connectivity index is 1.39. The summed E-state index contributed by atoms with van der Waals surface area (Å²) in [4.78, 5) is 36.9. The van der Waals surface area contributed by atoms with Gasteiger partial charge in [-0.15, -0.1) is 0 Å². The van der Waals surface area contributed by atoms with Gasteiger partial charge in [0.1, 0.15) is 0 Å². The van der Waals surface area contributed by atoms with Gasteiger partial charge in [0.05, 0.1) is 5.41 Å². The molecule has 0 heterocycles. The fourth-order valence-corrected chi connectivity index (χ4v) is 7.21. The summed E-state index contributed by atoms with van der Waals surface area (Å²) in [6.07, 6.45) is 5.23. The molecule has 1 aromatic rings. The van der Waals surface area contributed by atoms with Gasteiger partial charge in [0.25, 0.3) is 5.91 Å². The third kappa shape index (κ3) is 3.63. The lowest BCUT2D eigenvalue weighted by molar-refractivity contribution is -0.175. The van der Waals surface area contributed by atoms with E-state index in [4.69, 9.17) is 4.74 Å². The molecule has 4 bridgehead atoms. The maximum absolute atomic E-state index is 13.1. The maximum atomic E-state index is 13.1. The van der Waals surface area contributed by atoms with Crippen LogP contribution in [0.25, 0.3) is 0 Å². The molecule has 0 unspecified atom stereocenters. The van der Waals surface area contributed by atoms with Crippen molar-refractivity contribution in [3.63, 3.8) is 0 Å². The van der Waals surface area contributed by atoms with Crippen molar-refractivity contribution in [3.8, 4) is 0 Å². The largest absolute Gasteiger partial charge is 0.452 e. The van der Waals surface area contributed by atoms with Crippen molar-refractivity contribution < 1.29 is 19.1 Å². The summed E-state index contributed by atoms with van der Waals surface area (Å²) in [5, 5.41) is 2.76. The number of halogens is 1. The number of ketones is 1. The average Bonchev–Trinajstić information content (AvgIpc) is 2.59. The summed E-state index contributed by atoms with van der Waals surface area (Å²) in [6.45, 7) is 3.11. The van der Waals surface area contributed by atoms with Crippen molar-refractivity contribution in [2.24, 2.45) is 17.3 Å². The number of hydrogen-bond donors (Lipinski definition) is 1. The highest BCUT2D eigenvalue weighted by molar-refractivity contribution is 9.10. The molecule has 4 aliphatic carbocycles. The number of benzene rings is 1. The molecule has 1 N–H and O–H groups in total. The molecule has 5 nitrogen and oxygen atoms in total. The van der Waals surface area contributed by atoms with Gasteiger partial charge in [0, 0.05) is 15.6 Å². The zero-order chi connectivity index (χ0) is 20.1. The van der Waals surface area contributed by atoms with Gasteiger partial charge in [-0.1, -0.05) is 15.9 Å². The van der Waals surface area contributed by atoms with E-state index in [1.165, 1.54) is 13.3 Å². The Bertz CT molecular complexity index is 804. The van der Waals surface area contributed by atoms with Crippen molar-refractivity contribution in [1.82, 2.24) is 0 Å². The lowest BCUT2D eigenvalue weighted by Crippen LogP contribution is -2.56. The molecular weight excluding hydrogens is 422 g/mol. The summed E-state index contributed by atoms with van der Waals surface area (Å²) in [7, 11) is 0. The van der Waals surface area contributed by atoms with Crippen LogP contribution >= 0.6 is 15.9 Å². The monoisotopic (exact) mass is 447 g/mol. The third-order valence-electron chi connectivity index (χ3n) is 6.63. The van der Waals surface area contributed by atoms with E-state index in [0.717, 1.165) is 32.1 Å². The number of hydrogen-bond acceptors (Lipinski definition) is 4. The maximum Gasteiger partial charge on any atom is 0.312 e. The van der Waals surface area contributed by atoms with Crippen molar-refractivity contribution in [1.29, 1.82) is 0 Å². The van der Waals surface area contributed by atoms with Crippen LogP contribution in [0, 0.1) is 17.3 Å². The lowest BCUT2D eigenvalue weighted by Gasteiger charge is -2.58. The van der Waals surface area contributed by atoms with Gasteiger partial charge >= 0.3 is 5.97 Å². The summed E-state index contributed by atoms with van der Waals surface area (Å²) >= 11 is 3.91. The molecule has 1 amide bonds. The highest BCUT2D eigenvalue weighted by Gasteiger charge is 2.60. The van der Waals surface area contributed by atoms with Crippen LogP contribution in [0.1, 0.15) is 62.7 Å². The number of ether oxygens (including phenoxy) is 1. The summed E-state index contributed by atoms with van der Waals surface area (Å²) in [5.41, 5.74) is 0.723. The van der Waals surface area contributed by atoms with Crippen LogP contribution in [0.5, 0.6) is 0 Å². The van der Waals surface area contributed by atoms with Gasteiger partial charge in [-0.3, -0.25) is 14.4 Å². The Kier molecular flexibility index (Phi) is 4.89. The van der Waals surface area contributed by atoms with E-state index in [9.17, 15) is 14.4 Å². The molecular formula is C22H26BrNO4. The van der Waals surface area contributed by atoms with Gasteiger partial charge in [-0.2, -0.15) is 0 Å². The first-order chi connectivity index (χ1) is 13.2. The average molecular weight is 448 g/mol. The van der Waals surface area contributed by atoms with Crippen LogP contribution in [-0.4, -0.2) is 28.1 Å². The first-order valence-electron chi connectivity index (χ1n) is 10.00. The topological polar surface area (TPSA) is 72.5 Å². The van der Waals surface area contributed by atoms with E-state index < -0.39 is 11.5 Å². The van der Waals surface area contributed by atoms with Crippen LogP contribution in [0.15, 0.2) is 24.3 Å². The smallest absolute Gasteiger partial charge is 0.312 e. The molecule has 28 heavy (non-hydrogen) atoms. The van der Waals surface area contributed by atoms with Crippen LogP contribution in [0.2, 0.25) is 0 Å². The van der Waals surface area contributed by atoms with E-state index in [1.54, 1.807) is 31.2 Å². The van der Waals surface area contributed by atoms with Crippen LogP contribution in [0.3, 0.4) is 0 Å². The molecule has 0 aromatic heterocycles. The minimum atomic E-state index is -0.862. The molecule has 4 fully saturated rings. The van der Waals surface area contributed by atoms with Crippen LogP contribution in [-0.2, 0) is 14.3 Å². The minimum absolute atomic E-state index is 0.0275. The van der Waals surface area contributed by atoms with E-state index in [0.29, 0.717) is 23.1 Å². The van der Waals surface area contributed by atoms with Gasteiger partial charge in [-0.25, -0.2) is 0 Å². The predicted molar refractivity (Wildman–Crippen MR) is 109 cm³/mol. The Morgan fingerprint density at radius 2 is 1.71 bits per heavy atom. The number of carbonyl (C=O) groups is 3. The van der Waals surface area contributed by atoms with Gasteiger partial charge in [-0.05, 0) is 88.5 Å². The number of carbonyl (C=O) groups excluding carboxylic acids is 3. The molecule has 3 atom stereocenters. The summed E-state index contributed by atoms with van der Waals surface area (Å²) in [6, 6.07) is 6.69. The minimum Gasteiger partial charge on any atom is -0.452 e. The molecule has 4 saturated carbocycles. The van der Waals surface area contributed by atoms with Gasteiger partial charge in [0.2, 0.25) is 0 Å². The molecule has 5 rings (SSSR count). The first kappa shape index (κ1) is 19.6. The van der Waals surface area contributed by atoms with E-state index in [-0.39, 0.29) is 22.0 Å². The molecule has 0 radical (unpaired) electrons. The number of anilines is 1. The molecule has 0 aliphatic heterocycles. The number of alkyl halides is 1.